The quantitative estimate of drug-likeness (QED) is 0.582. The Morgan fingerprint density at radius 1 is 1.04 bits per heavy atom. The van der Waals surface area contributed by atoms with E-state index in [0.717, 1.165) is 17.2 Å². The fraction of sp³-hybridized carbons (Fsp3) is 0.100. The second-order valence-corrected chi connectivity index (χ2v) is 5.61. The molecule has 24 heavy (non-hydrogen) atoms. The first-order valence-electron chi connectivity index (χ1n) is 7.68. The maximum Gasteiger partial charge on any atom is 0.187 e. The Morgan fingerprint density at radius 2 is 1.75 bits per heavy atom. The van der Waals surface area contributed by atoms with Gasteiger partial charge in [0.1, 0.15) is 11.6 Å². The number of aromatic hydroxyl groups is 1. The minimum Gasteiger partial charge on any atom is -0.507 e. The lowest BCUT2D eigenvalue weighted by Gasteiger charge is -2.08. The van der Waals surface area contributed by atoms with Crippen LogP contribution in [0.2, 0.25) is 0 Å². The van der Waals surface area contributed by atoms with Gasteiger partial charge in [-0.2, -0.15) is 0 Å². The molecule has 1 aromatic carbocycles. The molecule has 4 nitrogen and oxygen atoms in total. The average molecular weight is 318 g/mol. The summed E-state index contributed by atoms with van der Waals surface area (Å²) in [4.78, 5) is 16.6. The molecule has 0 unspecified atom stereocenters. The van der Waals surface area contributed by atoms with E-state index in [-0.39, 0.29) is 11.5 Å². The minimum absolute atomic E-state index is 0.147. The summed E-state index contributed by atoms with van der Waals surface area (Å²) in [6.45, 7) is 4.03. The molecule has 4 heteroatoms. The zero-order chi connectivity index (χ0) is 17.1. The smallest absolute Gasteiger partial charge is 0.187 e. The summed E-state index contributed by atoms with van der Waals surface area (Å²) >= 11 is 0. The molecule has 0 aliphatic rings. The summed E-state index contributed by atoms with van der Waals surface area (Å²) in [5.41, 5.74) is 3.30. The standard InChI is InChI=1S/C20H18N2O2/c1-14-7-8-15(2)22(14)20-12-10-17(13-21-20)19(24)11-9-16-5-3-4-6-18(16)23/h3-13,23H,1-2H3. The Labute approximate surface area is 140 Å². The number of phenols is 1. The minimum atomic E-state index is -0.154. The van der Waals surface area contributed by atoms with E-state index in [1.165, 1.54) is 6.08 Å². The molecule has 0 saturated heterocycles. The summed E-state index contributed by atoms with van der Waals surface area (Å²) in [6.07, 6.45) is 4.62. The summed E-state index contributed by atoms with van der Waals surface area (Å²) in [5.74, 6) is 0.781. The van der Waals surface area contributed by atoms with Crippen molar-refractivity contribution in [2.24, 2.45) is 0 Å². The van der Waals surface area contributed by atoms with E-state index < -0.39 is 0 Å². The van der Waals surface area contributed by atoms with Crippen LogP contribution in [0.1, 0.15) is 27.3 Å². The van der Waals surface area contributed by atoms with Crippen molar-refractivity contribution < 1.29 is 9.90 Å². The number of carbonyl (C=O) groups excluding carboxylic acids is 1. The van der Waals surface area contributed by atoms with Crippen molar-refractivity contribution in [3.63, 3.8) is 0 Å². The first kappa shape index (κ1) is 15.7. The van der Waals surface area contributed by atoms with Crippen LogP contribution in [-0.4, -0.2) is 20.4 Å². The monoisotopic (exact) mass is 318 g/mol. The molecule has 0 fully saturated rings. The normalized spacial score (nSPS) is 11.1. The van der Waals surface area contributed by atoms with Gasteiger partial charge in [0.15, 0.2) is 5.78 Å². The number of pyridine rings is 1. The number of allylic oxidation sites excluding steroid dienone is 1. The van der Waals surface area contributed by atoms with Gasteiger partial charge < -0.3 is 9.67 Å². The number of para-hydroxylation sites is 1. The fourth-order valence-corrected chi connectivity index (χ4v) is 2.58. The van der Waals surface area contributed by atoms with Gasteiger partial charge in [0.05, 0.1) is 0 Å². The van der Waals surface area contributed by atoms with Crippen molar-refractivity contribution >= 4 is 11.9 Å². The van der Waals surface area contributed by atoms with E-state index in [1.54, 1.807) is 36.5 Å². The Balaban J connectivity index is 1.81. The maximum absolute atomic E-state index is 12.2. The molecular formula is C20H18N2O2. The van der Waals surface area contributed by atoms with Crippen LogP contribution < -0.4 is 0 Å². The number of hydrogen-bond donors (Lipinski definition) is 1. The first-order valence-corrected chi connectivity index (χ1v) is 7.68. The predicted molar refractivity (Wildman–Crippen MR) is 94.5 cm³/mol. The first-order chi connectivity index (χ1) is 11.6. The van der Waals surface area contributed by atoms with E-state index in [1.807, 2.05) is 42.7 Å². The van der Waals surface area contributed by atoms with E-state index in [2.05, 4.69) is 4.98 Å². The lowest BCUT2D eigenvalue weighted by atomic mass is 10.1. The fourth-order valence-electron chi connectivity index (χ4n) is 2.58. The van der Waals surface area contributed by atoms with Crippen molar-refractivity contribution in [3.8, 4) is 11.6 Å². The van der Waals surface area contributed by atoms with Gasteiger partial charge in [0.2, 0.25) is 0 Å². The Kier molecular flexibility index (Phi) is 4.29. The third kappa shape index (κ3) is 3.13. The van der Waals surface area contributed by atoms with Gasteiger partial charge in [-0.3, -0.25) is 4.79 Å². The molecule has 0 aliphatic carbocycles. The van der Waals surface area contributed by atoms with Crippen LogP contribution in [0.4, 0.5) is 0 Å². The van der Waals surface area contributed by atoms with Crippen LogP contribution >= 0.6 is 0 Å². The topological polar surface area (TPSA) is 55.1 Å². The number of nitrogens with zero attached hydrogens (tertiary/aromatic N) is 2. The maximum atomic E-state index is 12.2. The molecule has 0 aliphatic heterocycles. The number of aromatic nitrogens is 2. The van der Waals surface area contributed by atoms with Crippen molar-refractivity contribution in [1.82, 2.24) is 9.55 Å². The van der Waals surface area contributed by atoms with Gasteiger partial charge in [0, 0.05) is 28.7 Å². The molecule has 0 bridgehead atoms. The van der Waals surface area contributed by atoms with Crippen LogP contribution in [0.25, 0.3) is 11.9 Å². The average Bonchev–Trinajstić information content (AvgIpc) is 2.93. The Hall–Kier alpha value is -3.14. The molecule has 120 valence electrons. The predicted octanol–water partition coefficient (Wildman–Crippen LogP) is 4.09. The van der Waals surface area contributed by atoms with Gasteiger partial charge in [-0.25, -0.2) is 4.98 Å². The SMILES string of the molecule is Cc1ccc(C)n1-c1ccc(C(=O)C=Cc2ccccc2O)cn1. The highest BCUT2D eigenvalue weighted by molar-refractivity contribution is 6.06. The second kappa shape index (κ2) is 6.54. The summed E-state index contributed by atoms with van der Waals surface area (Å²) < 4.78 is 2.03. The molecular weight excluding hydrogens is 300 g/mol. The molecule has 3 aromatic rings. The highest BCUT2D eigenvalue weighted by atomic mass is 16.3. The number of rotatable bonds is 4. The molecule has 0 amide bonds. The van der Waals surface area contributed by atoms with Crippen LogP contribution in [0.5, 0.6) is 5.75 Å². The van der Waals surface area contributed by atoms with Crippen molar-refractivity contribution in [2.45, 2.75) is 13.8 Å². The number of carbonyl (C=O) groups is 1. The van der Waals surface area contributed by atoms with E-state index in [0.29, 0.717) is 11.1 Å². The molecule has 3 rings (SSSR count). The molecule has 0 spiro atoms. The van der Waals surface area contributed by atoms with Crippen LogP contribution in [0.3, 0.4) is 0 Å². The molecule has 2 aromatic heterocycles. The summed E-state index contributed by atoms with van der Waals surface area (Å²) in [5, 5.41) is 9.71. The van der Waals surface area contributed by atoms with Gasteiger partial charge in [-0.1, -0.05) is 18.2 Å². The number of phenolic OH excluding ortho intramolecular Hbond substituents is 1. The molecule has 0 radical (unpaired) electrons. The van der Waals surface area contributed by atoms with Crippen LogP contribution in [-0.2, 0) is 0 Å². The largest absolute Gasteiger partial charge is 0.507 e. The van der Waals surface area contributed by atoms with Crippen LogP contribution in [0, 0.1) is 13.8 Å². The molecule has 0 saturated carbocycles. The molecule has 0 atom stereocenters. The second-order valence-electron chi connectivity index (χ2n) is 5.61. The van der Waals surface area contributed by atoms with Gasteiger partial charge in [-0.15, -0.1) is 0 Å². The third-order valence-electron chi connectivity index (χ3n) is 3.88. The Morgan fingerprint density at radius 3 is 2.38 bits per heavy atom. The van der Waals surface area contributed by atoms with Gasteiger partial charge >= 0.3 is 0 Å². The van der Waals surface area contributed by atoms with Crippen LogP contribution in [0.15, 0.2) is 60.8 Å². The van der Waals surface area contributed by atoms with E-state index in [9.17, 15) is 9.90 Å². The highest BCUT2D eigenvalue weighted by Crippen LogP contribution is 2.18. The number of ketones is 1. The van der Waals surface area contributed by atoms with E-state index in [4.69, 9.17) is 0 Å². The number of hydrogen-bond acceptors (Lipinski definition) is 3. The zero-order valence-corrected chi connectivity index (χ0v) is 13.6. The molecule has 1 N–H and O–H groups in total. The Bertz CT molecular complexity index is 886. The van der Waals surface area contributed by atoms with Crippen molar-refractivity contribution in [2.75, 3.05) is 0 Å². The number of aryl methyl sites for hydroxylation is 2. The lowest BCUT2D eigenvalue weighted by Crippen LogP contribution is -2.03. The van der Waals surface area contributed by atoms with Crippen molar-refractivity contribution in [3.05, 3.63) is 83.3 Å². The third-order valence-corrected chi connectivity index (χ3v) is 3.88. The zero-order valence-electron chi connectivity index (χ0n) is 13.6. The van der Waals surface area contributed by atoms with Gasteiger partial charge in [0.25, 0.3) is 0 Å². The molecule has 2 heterocycles. The number of benzene rings is 1. The highest BCUT2D eigenvalue weighted by Gasteiger charge is 2.07. The lowest BCUT2D eigenvalue weighted by molar-refractivity contribution is 0.104. The van der Waals surface area contributed by atoms with Crippen molar-refractivity contribution in [1.29, 1.82) is 0 Å². The van der Waals surface area contributed by atoms with E-state index >= 15 is 0 Å². The van der Waals surface area contributed by atoms with Gasteiger partial charge in [-0.05, 0) is 56.3 Å². The summed E-state index contributed by atoms with van der Waals surface area (Å²) in [6, 6.07) is 14.5. The summed E-state index contributed by atoms with van der Waals surface area (Å²) in [7, 11) is 0.